The number of aryl methyl sites for hydroxylation is 1. The van der Waals surface area contributed by atoms with E-state index in [1.54, 1.807) is 10.9 Å². The first kappa shape index (κ1) is 18.2. The summed E-state index contributed by atoms with van der Waals surface area (Å²) in [6.07, 6.45) is 2.31. The summed E-state index contributed by atoms with van der Waals surface area (Å²) in [5.41, 5.74) is 9.10. The Morgan fingerprint density at radius 3 is 2.55 bits per heavy atom. The number of carbonyl (C=O) groups is 1. The number of nitrogens with zero attached hydrogens (tertiary/aromatic N) is 2. The number of aromatic nitrogens is 2. The molecule has 0 aliphatic rings. The number of amides is 1. The van der Waals surface area contributed by atoms with Gasteiger partial charge in [-0.25, -0.2) is 0 Å². The second kappa shape index (κ2) is 7.96. The Hall–Kier alpha value is -1.85. The summed E-state index contributed by atoms with van der Waals surface area (Å²) in [5.74, 6) is -0.144. The number of nitrogens with one attached hydrogen (secondary N) is 1. The van der Waals surface area contributed by atoms with Crippen LogP contribution >= 0.6 is 12.4 Å². The van der Waals surface area contributed by atoms with Gasteiger partial charge in [0.25, 0.3) is 0 Å². The molecule has 0 bridgehead atoms. The van der Waals surface area contributed by atoms with Crippen LogP contribution in [0, 0.1) is 6.92 Å². The van der Waals surface area contributed by atoms with E-state index in [-0.39, 0.29) is 24.4 Å². The zero-order valence-corrected chi connectivity index (χ0v) is 13.9. The molecule has 1 heterocycles. The first-order chi connectivity index (χ1) is 9.99. The second-order valence-electron chi connectivity index (χ2n) is 5.34. The monoisotopic (exact) mass is 322 g/mol. The van der Waals surface area contributed by atoms with Crippen molar-refractivity contribution < 1.29 is 4.79 Å². The zero-order chi connectivity index (χ0) is 15.4. The molecule has 6 heteroatoms. The van der Waals surface area contributed by atoms with E-state index in [0.29, 0.717) is 6.42 Å². The Bertz CT molecular complexity index is 612. The molecule has 2 unspecified atom stereocenters. The van der Waals surface area contributed by atoms with Crippen LogP contribution in [0.2, 0.25) is 0 Å². The molecule has 1 aromatic carbocycles. The van der Waals surface area contributed by atoms with Crippen LogP contribution in [-0.4, -0.2) is 21.7 Å². The number of nitrogens with two attached hydrogens (primary N) is 1. The van der Waals surface area contributed by atoms with Crippen molar-refractivity contribution in [1.29, 1.82) is 0 Å². The van der Waals surface area contributed by atoms with Crippen LogP contribution in [0.4, 0.5) is 0 Å². The van der Waals surface area contributed by atoms with E-state index in [1.807, 2.05) is 51.2 Å². The Morgan fingerprint density at radius 1 is 1.36 bits per heavy atom. The number of benzene rings is 1. The predicted octanol–water partition coefficient (Wildman–Crippen LogP) is 1.90. The van der Waals surface area contributed by atoms with Gasteiger partial charge in [-0.15, -0.1) is 12.4 Å². The van der Waals surface area contributed by atoms with Crippen molar-refractivity contribution in [1.82, 2.24) is 15.1 Å². The average molecular weight is 323 g/mol. The minimum Gasteiger partial charge on any atom is -0.348 e. The predicted molar refractivity (Wildman–Crippen MR) is 89.9 cm³/mol. The maximum atomic E-state index is 12.2. The van der Waals surface area contributed by atoms with E-state index in [1.165, 1.54) is 0 Å². The van der Waals surface area contributed by atoms with Crippen LogP contribution < -0.4 is 11.1 Å². The molecule has 0 spiro atoms. The standard InChI is InChI=1S/C16H22N4O.ClH/c1-11(14-10-18-20(3)12(14)2)19-16(21)15(17)9-13-7-5-4-6-8-13;/h4-8,10-11,15H,9,17H2,1-3H3,(H,19,21);1H. The summed E-state index contributed by atoms with van der Waals surface area (Å²) < 4.78 is 1.79. The summed E-state index contributed by atoms with van der Waals surface area (Å²) >= 11 is 0. The average Bonchev–Trinajstić information content (AvgIpc) is 2.80. The fourth-order valence-electron chi connectivity index (χ4n) is 2.30. The lowest BCUT2D eigenvalue weighted by atomic mass is 10.0. The van der Waals surface area contributed by atoms with Gasteiger partial charge in [-0.05, 0) is 25.8 Å². The normalized spacial score (nSPS) is 13.1. The topological polar surface area (TPSA) is 72.9 Å². The van der Waals surface area contributed by atoms with Crippen molar-refractivity contribution in [2.24, 2.45) is 12.8 Å². The molecule has 2 atom stereocenters. The molecular formula is C16H23ClN4O. The molecular weight excluding hydrogens is 300 g/mol. The Kier molecular flexibility index (Phi) is 6.59. The lowest BCUT2D eigenvalue weighted by molar-refractivity contribution is -0.123. The number of carbonyl (C=O) groups excluding carboxylic acids is 1. The third-order valence-corrected chi connectivity index (χ3v) is 3.73. The van der Waals surface area contributed by atoms with Crippen LogP contribution in [0.1, 0.15) is 29.8 Å². The van der Waals surface area contributed by atoms with Crippen LogP contribution in [0.25, 0.3) is 0 Å². The van der Waals surface area contributed by atoms with Gasteiger partial charge in [-0.3, -0.25) is 9.48 Å². The maximum absolute atomic E-state index is 12.2. The first-order valence-electron chi connectivity index (χ1n) is 7.07. The Balaban J connectivity index is 0.00000242. The molecule has 5 nitrogen and oxygen atoms in total. The molecule has 0 fully saturated rings. The zero-order valence-electron chi connectivity index (χ0n) is 13.1. The molecule has 22 heavy (non-hydrogen) atoms. The van der Waals surface area contributed by atoms with Crippen molar-refractivity contribution in [3.05, 3.63) is 53.3 Å². The number of hydrogen-bond donors (Lipinski definition) is 2. The van der Waals surface area contributed by atoms with Crippen LogP contribution in [0.5, 0.6) is 0 Å². The molecule has 1 amide bonds. The molecule has 0 aliphatic heterocycles. The smallest absolute Gasteiger partial charge is 0.237 e. The molecule has 3 N–H and O–H groups in total. The van der Waals surface area contributed by atoms with Crippen molar-refractivity contribution in [3.8, 4) is 0 Å². The van der Waals surface area contributed by atoms with Gasteiger partial charge in [0.15, 0.2) is 0 Å². The molecule has 0 aliphatic carbocycles. The van der Waals surface area contributed by atoms with Crippen LogP contribution in [-0.2, 0) is 18.3 Å². The van der Waals surface area contributed by atoms with Gasteiger partial charge in [-0.2, -0.15) is 5.10 Å². The van der Waals surface area contributed by atoms with E-state index in [4.69, 9.17) is 5.73 Å². The highest BCUT2D eigenvalue weighted by molar-refractivity contribution is 5.85. The number of halogens is 1. The fraction of sp³-hybridized carbons (Fsp3) is 0.375. The molecule has 2 aromatic rings. The third kappa shape index (κ3) is 4.32. The SMILES string of the molecule is Cc1c(C(C)NC(=O)C(N)Cc2ccccc2)cnn1C.Cl. The molecule has 0 radical (unpaired) electrons. The third-order valence-electron chi connectivity index (χ3n) is 3.73. The first-order valence-corrected chi connectivity index (χ1v) is 7.07. The van der Waals surface area contributed by atoms with E-state index in [2.05, 4.69) is 10.4 Å². The maximum Gasteiger partial charge on any atom is 0.237 e. The van der Waals surface area contributed by atoms with Gasteiger partial charge in [0, 0.05) is 18.3 Å². The van der Waals surface area contributed by atoms with Crippen LogP contribution in [0.3, 0.4) is 0 Å². The largest absolute Gasteiger partial charge is 0.348 e. The van der Waals surface area contributed by atoms with Gasteiger partial charge in [0.1, 0.15) is 0 Å². The Morgan fingerprint density at radius 2 is 2.00 bits per heavy atom. The lowest BCUT2D eigenvalue weighted by Gasteiger charge is -2.17. The van der Waals surface area contributed by atoms with Crippen molar-refractivity contribution in [2.45, 2.75) is 32.4 Å². The summed E-state index contributed by atoms with van der Waals surface area (Å²) in [4.78, 5) is 12.2. The van der Waals surface area contributed by atoms with Gasteiger partial charge < -0.3 is 11.1 Å². The van der Waals surface area contributed by atoms with Crippen molar-refractivity contribution >= 4 is 18.3 Å². The lowest BCUT2D eigenvalue weighted by Crippen LogP contribution is -2.43. The molecule has 0 saturated carbocycles. The minimum absolute atomic E-state index is 0. The molecule has 0 saturated heterocycles. The highest BCUT2D eigenvalue weighted by Crippen LogP contribution is 2.16. The fourth-order valence-corrected chi connectivity index (χ4v) is 2.30. The van der Waals surface area contributed by atoms with Gasteiger partial charge in [-0.1, -0.05) is 30.3 Å². The highest BCUT2D eigenvalue weighted by atomic mass is 35.5. The summed E-state index contributed by atoms with van der Waals surface area (Å²) in [6.45, 7) is 3.92. The quantitative estimate of drug-likeness (QED) is 0.883. The van der Waals surface area contributed by atoms with Crippen molar-refractivity contribution in [2.75, 3.05) is 0 Å². The van der Waals surface area contributed by atoms with Gasteiger partial charge in [0.2, 0.25) is 5.91 Å². The van der Waals surface area contributed by atoms with Gasteiger partial charge in [0.05, 0.1) is 18.3 Å². The van der Waals surface area contributed by atoms with Crippen molar-refractivity contribution in [3.63, 3.8) is 0 Å². The number of hydrogen-bond acceptors (Lipinski definition) is 3. The van der Waals surface area contributed by atoms with Crippen LogP contribution in [0.15, 0.2) is 36.5 Å². The van der Waals surface area contributed by atoms with E-state index in [0.717, 1.165) is 16.8 Å². The Labute approximate surface area is 137 Å². The summed E-state index contributed by atoms with van der Waals surface area (Å²) in [5, 5.41) is 7.14. The summed E-state index contributed by atoms with van der Waals surface area (Å²) in [7, 11) is 1.88. The summed E-state index contributed by atoms with van der Waals surface area (Å²) in [6, 6.07) is 9.13. The van der Waals surface area contributed by atoms with E-state index >= 15 is 0 Å². The minimum atomic E-state index is -0.549. The number of rotatable bonds is 5. The van der Waals surface area contributed by atoms with Gasteiger partial charge >= 0.3 is 0 Å². The second-order valence-corrected chi connectivity index (χ2v) is 5.34. The molecule has 2 rings (SSSR count). The highest BCUT2D eigenvalue weighted by Gasteiger charge is 2.19. The van der Waals surface area contributed by atoms with E-state index in [9.17, 15) is 4.79 Å². The molecule has 120 valence electrons. The molecule has 1 aromatic heterocycles. The van der Waals surface area contributed by atoms with E-state index < -0.39 is 6.04 Å².